The van der Waals surface area contributed by atoms with Gasteiger partial charge in [0, 0.05) is 18.8 Å². The second-order valence-corrected chi connectivity index (χ2v) is 3.00. The summed E-state index contributed by atoms with van der Waals surface area (Å²) in [7, 11) is 0. The predicted molar refractivity (Wildman–Crippen MR) is 49.9 cm³/mol. The Balaban J connectivity index is 2.76. The minimum atomic E-state index is 0.538. The van der Waals surface area contributed by atoms with Gasteiger partial charge >= 0.3 is 0 Å². The van der Waals surface area contributed by atoms with Crippen molar-refractivity contribution in [1.29, 1.82) is 0 Å². The molecule has 0 saturated heterocycles. The zero-order chi connectivity index (χ0) is 9.14. The van der Waals surface area contributed by atoms with Crippen molar-refractivity contribution in [3.8, 4) is 0 Å². The molecule has 0 spiro atoms. The fourth-order valence-electron chi connectivity index (χ4n) is 1.01. The Bertz CT molecular complexity index is 286. The van der Waals surface area contributed by atoms with Crippen molar-refractivity contribution in [2.75, 3.05) is 6.54 Å². The number of nitrogens with two attached hydrogens (primary N) is 1. The first-order chi connectivity index (χ1) is 5.65. The molecule has 0 saturated carbocycles. The number of rotatable bonds is 3. The molecule has 1 aromatic rings. The lowest BCUT2D eigenvalue weighted by Crippen LogP contribution is -2.09. The molecule has 1 aromatic heterocycles. The molecule has 0 bridgehead atoms. The molecule has 0 amide bonds. The molecule has 0 fully saturated rings. The third kappa shape index (κ3) is 1.74. The molecule has 0 unspecified atom stereocenters. The van der Waals surface area contributed by atoms with Crippen LogP contribution in [0.3, 0.4) is 0 Å². The van der Waals surface area contributed by atoms with Gasteiger partial charge in [-0.25, -0.2) is 4.98 Å². The zero-order valence-electron chi connectivity index (χ0n) is 7.67. The van der Waals surface area contributed by atoms with Gasteiger partial charge in [-0.15, -0.1) is 0 Å². The van der Waals surface area contributed by atoms with E-state index in [2.05, 4.69) is 16.1 Å². The number of aryl methyl sites for hydroxylation is 1. The van der Waals surface area contributed by atoms with Crippen LogP contribution in [-0.2, 0) is 6.54 Å². The van der Waals surface area contributed by atoms with E-state index in [-0.39, 0.29) is 0 Å². The van der Waals surface area contributed by atoms with Crippen molar-refractivity contribution in [3.63, 3.8) is 0 Å². The van der Waals surface area contributed by atoms with Crippen molar-refractivity contribution in [1.82, 2.24) is 9.55 Å². The van der Waals surface area contributed by atoms with Crippen LogP contribution in [0.2, 0.25) is 0 Å². The molecule has 0 atom stereocenters. The molecule has 12 heavy (non-hydrogen) atoms. The highest BCUT2D eigenvalue weighted by Crippen LogP contribution is 2.05. The summed E-state index contributed by atoms with van der Waals surface area (Å²) in [5.74, 6) is 0. The maximum Gasteiger partial charge on any atom is 0.0954 e. The van der Waals surface area contributed by atoms with Crippen molar-refractivity contribution in [2.45, 2.75) is 20.4 Å². The van der Waals surface area contributed by atoms with Gasteiger partial charge in [-0.1, -0.05) is 6.58 Å². The highest BCUT2D eigenvalue weighted by Gasteiger charge is 2.01. The quantitative estimate of drug-likeness (QED) is 0.679. The Kier molecular flexibility index (Phi) is 2.65. The van der Waals surface area contributed by atoms with Gasteiger partial charge in [0.15, 0.2) is 0 Å². The lowest BCUT2D eigenvalue weighted by atomic mass is 10.3. The Morgan fingerprint density at radius 1 is 1.67 bits per heavy atom. The molecule has 3 nitrogen and oxygen atoms in total. The number of nitrogens with zero attached hydrogens (tertiary/aromatic N) is 2. The van der Waals surface area contributed by atoms with Crippen LogP contribution >= 0.6 is 0 Å². The predicted octanol–water partition coefficient (Wildman–Crippen LogP) is 1.01. The van der Waals surface area contributed by atoms with Crippen LogP contribution in [0.25, 0.3) is 0 Å². The highest BCUT2D eigenvalue weighted by atomic mass is 15.0. The van der Waals surface area contributed by atoms with Gasteiger partial charge in [0.25, 0.3) is 0 Å². The third-order valence-electron chi connectivity index (χ3n) is 2.03. The van der Waals surface area contributed by atoms with Gasteiger partial charge in [0.2, 0.25) is 0 Å². The maximum atomic E-state index is 5.44. The average Bonchev–Trinajstić information content (AvgIpc) is 2.36. The maximum absolute atomic E-state index is 5.44. The van der Waals surface area contributed by atoms with E-state index in [1.807, 2.05) is 20.2 Å². The Morgan fingerprint density at radius 3 is 2.75 bits per heavy atom. The van der Waals surface area contributed by atoms with Crippen LogP contribution in [0.4, 0.5) is 0 Å². The van der Waals surface area contributed by atoms with Crippen LogP contribution in [-0.4, -0.2) is 16.1 Å². The van der Waals surface area contributed by atoms with Gasteiger partial charge in [-0.05, 0) is 19.4 Å². The minimum absolute atomic E-state index is 0.538. The van der Waals surface area contributed by atoms with E-state index in [1.165, 1.54) is 5.69 Å². The fraction of sp³-hybridized carbons (Fsp3) is 0.444. The van der Waals surface area contributed by atoms with Crippen LogP contribution in [0.15, 0.2) is 18.5 Å². The highest BCUT2D eigenvalue weighted by molar-refractivity contribution is 5.11. The fourth-order valence-corrected chi connectivity index (χ4v) is 1.01. The number of hydrogen-bond acceptors (Lipinski definition) is 2. The first-order valence-electron chi connectivity index (χ1n) is 4.00. The topological polar surface area (TPSA) is 43.8 Å². The Labute approximate surface area is 72.9 Å². The second-order valence-electron chi connectivity index (χ2n) is 3.00. The number of imidazole rings is 1. The number of hydrogen-bond donors (Lipinski definition) is 1. The average molecular weight is 165 g/mol. The largest absolute Gasteiger partial charge is 0.330 e. The summed E-state index contributed by atoms with van der Waals surface area (Å²) >= 11 is 0. The summed E-state index contributed by atoms with van der Waals surface area (Å²) in [6.45, 7) is 9.21. The second kappa shape index (κ2) is 3.54. The van der Waals surface area contributed by atoms with E-state index in [0.29, 0.717) is 6.54 Å². The van der Waals surface area contributed by atoms with Gasteiger partial charge in [-0.3, -0.25) is 0 Å². The molecule has 0 aromatic carbocycles. The van der Waals surface area contributed by atoms with E-state index in [9.17, 15) is 0 Å². The van der Waals surface area contributed by atoms with E-state index in [0.717, 1.165) is 17.8 Å². The van der Waals surface area contributed by atoms with Gasteiger partial charge in [0.1, 0.15) is 0 Å². The Hall–Kier alpha value is -1.09. The number of aromatic nitrogens is 2. The molecule has 2 N–H and O–H groups in total. The summed E-state index contributed by atoms with van der Waals surface area (Å²) in [6.07, 6.45) is 1.82. The summed E-state index contributed by atoms with van der Waals surface area (Å²) in [5, 5.41) is 0. The monoisotopic (exact) mass is 165 g/mol. The molecule has 66 valence electrons. The van der Waals surface area contributed by atoms with Gasteiger partial charge in [-0.2, -0.15) is 0 Å². The van der Waals surface area contributed by atoms with Crippen LogP contribution in [0.5, 0.6) is 0 Å². The first-order valence-corrected chi connectivity index (χ1v) is 4.00. The molecular weight excluding hydrogens is 150 g/mol. The van der Waals surface area contributed by atoms with E-state index >= 15 is 0 Å². The van der Waals surface area contributed by atoms with Gasteiger partial charge < -0.3 is 10.3 Å². The molecule has 0 radical (unpaired) electrons. The summed E-state index contributed by atoms with van der Waals surface area (Å²) in [6, 6.07) is 0. The normalized spacial score (nSPS) is 10.2. The van der Waals surface area contributed by atoms with Crippen molar-refractivity contribution in [3.05, 3.63) is 29.9 Å². The van der Waals surface area contributed by atoms with Crippen LogP contribution in [0.1, 0.15) is 11.4 Å². The molecule has 0 aliphatic rings. The van der Waals surface area contributed by atoms with Crippen molar-refractivity contribution < 1.29 is 0 Å². The molecule has 0 aliphatic heterocycles. The van der Waals surface area contributed by atoms with Crippen molar-refractivity contribution >= 4 is 0 Å². The Morgan fingerprint density at radius 2 is 2.33 bits per heavy atom. The van der Waals surface area contributed by atoms with Crippen LogP contribution in [0, 0.1) is 13.8 Å². The molecule has 0 aliphatic carbocycles. The summed E-state index contributed by atoms with van der Waals surface area (Å²) in [5.41, 5.74) is 8.72. The first kappa shape index (κ1) is 9.00. The molecule has 3 heteroatoms. The SMILES string of the molecule is C=C(CN)Cn1cnc(C)c1C. The van der Waals surface area contributed by atoms with Crippen LogP contribution < -0.4 is 5.73 Å². The standard InChI is InChI=1S/C9H15N3/c1-7(4-10)5-12-6-11-8(2)9(12)3/h6H,1,4-5,10H2,2-3H3. The third-order valence-corrected chi connectivity index (χ3v) is 2.03. The summed E-state index contributed by atoms with van der Waals surface area (Å²) < 4.78 is 2.06. The minimum Gasteiger partial charge on any atom is -0.330 e. The van der Waals surface area contributed by atoms with Gasteiger partial charge in [0.05, 0.1) is 12.0 Å². The van der Waals surface area contributed by atoms with E-state index in [4.69, 9.17) is 5.73 Å². The smallest absolute Gasteiger partial charge is 0.0954 e. The van der Waals surface area contributed by atoms with E-state index < -0.39 is 0 Å². The zero-order valence-corrected chi connectivity index (χ0v) is 7.67. The summed E-state index contributed by atoms with van der Waals surface area (Å²) in [4.78, 5) is 4.18. The van der Waals surface area contributed by atoms with Crippen molar-refractivity contribution in [2.24, 2.45) is 5.73 Å². The van der Waals surface area contributed by atoms with E-state index in [1.54, 1.807) is 0 Å². The lowest BCUT2D eigenvalue weighted by molar-refractivity contribution is 0.744. The lowest BCUT2D eigenvalue weighted by Gasteiger charge is -2.05. The molecule has 1 rings (SSSR count). The molecular formula is C9H15N3. The molecule has 1 heterocycles.